The van der Waals surface area contributed by atoms with Gasteiger partial charge in [0.1, 0.15) is 0 Å². The van der Waals surface area contributed by atoms with Crippen LogP contribution in [0.2, 0.25) is 0 Å². The number of aryl methyl sites for hydroxylation is 2. The van der Waals surface area contributed by atoms with E-state index in [-0.39, 0.29) is 5.56 Å². The molecule has 4 nitrogen and oxygen atoms in total. The van der Waals surface area contributed by atoms with Crippen molar-refractivity contribution in [1.29, 1.82) is 0 Å². The maximum absolute atomic E-state index is 12.7. The normalized spacial score (nSPS) is 11.1. The Balaban J connectivity index is 2.50. The number of thiazole rings is 1. The molecule has 0 bridgehead atoms. The minimum absolute atomic E-state index is 0.0655. The summed E-state index contributed by atoms with van der Waals surface area (Å²) in [5, 5.41) is 6.10. The molecule has 2 rings (SSSR count). The molecule has 21 heavy (non-hydrogen) atoms. The van der Waals surface area contributed by atoms with Gasteiger partial charge < -0.3 is 9.88 Å². The molecule has 0 amide bonds. The van der Waals surface area contributed by atoms with Crippen molar-refractivity contribution >= 4 is 16.5 Å². The Morgan fingerprint density at radius 1 is 1.38 bits per heavy atom. The molecule has 1 N–H and O–H groups in total. The third-order valence-electron chi connectivity index (χ3n) is 3.32. The summed E-state index contributed by atoms with van der Waals surface area (Å²) >= 11 is 1.54. The molecule has 114 valence electrons. The molecule has 0 aromatic carbocycles. The third-order valence-corrected chi connectivity index (χ3v) is 4.10. The summed E-state index contributed by atoms with van der Waals surface area (Å²) in [5.41, 5.74) is 3.57. The number of aromatic nitrogens is 2. The smallest absolute Gasteiger partial charge is 0.260 e. The number of anilines is 1. The molecule has 0 saturated carbocycles. The highest BCUT2D eigenvalue weighted by Crippen LogP contribution is 2.25. The maximum atomic E-state index is 12.7. The quantitative estimate of drug-likeness (QED) is 0.913. The first-order valence-corrected chi connectivity index (χ1v) is 8.25. The molecule has 2 aromatic heterocycles. The van der Waals surface area contributed by atoms with Crippen LogP contribution in [0.25, 0.3) is 11.3 Å². The van der Waals surface area contributed by atoms with Crippen LogP contribution in [0.5, 0.6) is 0 Å². The van der Waals surface area contributed by atoms with E-state index in [4.69, 9.17) is 0 Å². The number of nitrogens with zero attached hydrogens (tertiary/aromatic N) is 2. The van der Waals surface area contributed by atoms with Gasteiger partial charge in [-0.15, -0.1) is 11.3 Å². The Hall–Kier alpha value is -1.62. The van der Waals surface area contributed by atoms with Gasteiger partial charge in [0.15, 0.2) is 5.13 Å². The highest BCUT2D eigenvalue weighted by molar-refractivity contribution is 7.14. The molecule has 0 radical (unpaired) electrons. The van der Waals surface area contributed by atoms with Crippen LogP contribution in [0, 0.1) is 13.8 Å². The lowest BCUT2D eigenvalue weighted by Crippen LogP contribution is -2.24. The number of pyridine rings is 1. The van der Waals surface area contributed by atoms with Gasteiger partial charge in [0.2, 0.25) is 0 Å². The molecule has 5 heteroatoms. The summed E-state index contributed by atoms with van der Waals surface area (Å²) in [6.45, 7) is 11.0. The van der Waals surface area contributed by atoms with Gasteiger partial charge in [-0.3, -0.25) is 4.79 Å². The molecule has 0 unspecified atom stereocenters. The standard InChI is InChI=1S/C16H23N3OS/c1-6-7-19-12(5)8-11(4)14(15(19)20)13-9-21-16(18-13)17-10(2)3/h8-10H,6-7H2,1-5H3,(H,17,18). The van der Waals surface area contributed by atoms with Crippen LogP contribution < -0.4 is 10.9 Å². The average molecular weight is 305 g/mol. The number of rotatable bonds is 5. The van der Waals surface area contributed by atoms with Crippen LogP contribution in [-0.2, 0) is 6.54 Å². The summed E-state index contributed by atoms with van der Waals surface area (Å²) < 4.78 is 1.84. The summed E-state index contributed by atoms with van der Waals surface area (Å²) in [7, 11) is 0. The molecule has 0 saturated heterocycles. The topological polar surface area (TPSA) is 46.9 Å². The fourth-order valence-electron chi connectivity index (χ4n) is 2.44. The number of hydrogen-bond donors (Lipinski definition) is 1. The van der Waals surface area contributed by atoms with E-state index < -0.39 is 0 Å². The van der Waals surface area contributed by atoms with E-state index >= 15 is 0 Å². The molecule has 0 aliphatic heterocycles. The fourth-order valence-corrected chi connectivity index (χ4v) is 3.29. The molecule has 0 aliphatic carbocycles. The molecule has 0 spiro atoms. The second-order valence-corrected chi connectivity index (χ2v) is 6.50. The maximum Gasteiger partial charge on any atom is 0.260 e. The van der Waals surface area contributed by atoms with Crippen molar-refractivity contribution in [1.82, 2.24) is 9.55 Å². The summed E-state index contributed by atoms with van der Waals surface area (Å²) in [5.74, 6) is 0. The second kappa shape index (κ2) is 6.43. The molecule has 2 heterocycles. The van der Waals surface area contributed by atoms with Gasteiger partial charge in [0.05, 0.1) is 11.3 Å². The van der Waals surface area contributed by atoms with Gasteiger partial charge in [-0.1, -0.05) is 6.92 Å². The summed E-state index contributed by atoms with van der Waals surface area (Å²) in [4.78, 5) is 17.3. The molecule has 0 aliphatic rings. The lowest BCUT2D eigenvalue weighted by molar-refractivity contribution is 0.635. The SMILES string of the molecule is CCCn1c(C)cc(C)c(-c2csc(NC(C)C)n2)c1=O. The van der Waals surface area contributed by atoms with Crippen molar-refractivity contribution in [3.8, 4) is 11.3 Å². The highest BCUT2D eigenvalue weighted by atomic mass is 32.1. The van der Waals surface area contributed by atoms with Gasteiger partial charge in [-0.05, 0) is 45.7 Å². The Bertz CT molecular complexity index is 685. The van der Waals surface area contributed by atoms with E-state index in [1.807, 2.05) is 23.8 Å². The van der Waals surface area contributed by atoms with Crippen molar-refractivity contribution in [2.75, 3.05) is 5.32 Å². The van der Waals surface area contributed by atoms with E-state index in [0.29, 0.717) is 6.04 Å². The van der Waals surface area contributed by atoms with E-state index in [1.54, 1.807) is 11.3 Å². The van der Waals surface area contributed by atoms with Crippen LogP contribution in [0.15, 0.2) is 16.2 Å². The van der Waals surface area contributed by atoms with Crippen LogP contribution in [0.3, 0.4) is 0 Å². The third kappa shape index (κ3) is 3.35. The Morgan fingerprint density at radius 3 is 2.71 bits per heavy atom. The Morgan fingerprint density at radius 2 is 2.10 bits per heavy atom. The fraction of sp³-hybridized carbons (Fsp3) is 0.500. The molecule has 2 aromatic rings. The van der Waals surface area contributed by atoms with Gasteiger partial charge in [-0.2, -0.15) is 0 Å². The van der Waals surface area contributed by atoms with Crippen molar-refractivity contribution < 1.29 is 0 Å². The van der Waals surface area contributed by atoms with E-state index in [0.717, 1.165) is 40.6 Å². The van der Waals surface area contributed by atoms with Crippen molar-refractivity contribution in [2.24, 2.45) is 0 Å². The second-order valence-electron chi connectivity index (χ2n) is 5.64. The van der Waals surface area contributed by atoms with Gasteiger partial charge in [0, 0.05) is 23.7 Å². The minimum Gasteiger partial charge on any atom is -0.359 e. The summed E-state index contributed by atoms with van der Waals surface area (Å²) in [6.07, 6.45) is 0.945. The number of nitrogens with one attached hydrogen (secondary N) is 1. The van der Waals surface area contributed by atoms with Gasteiger partial charge in [-0.25, -0.2) is 4.98 Å². The average Bonchev–Trinajstić information content (AvgIpc) is 2.81. The number of hydrogen-bond acceptors (Lipinski definition) is 4. The zero-order chi connectivity index (χ0) is 15.6. The van der Waals surface area contributed by atoms with E-state index in [2.05, 4.69) is 37.1 Å². The lowest BCUT2D eigenvalue weighted by Gasteiger charge is -2.12. The minimum atomic E-state index is 0.0655. The predicted octanol–water partition coefficient (Wildman–Crippen LogP) is 3.82. The molecular formula is C16H23N3OS. The van der Waals surface area contributed by atoms with Crippen molar-refractivity contribution in [2.45, 2.75) is 53.6 Å². The van der Waals surface area contributed by atoms with Gasteiger partial charge in [0.25, 0.3) is 5.56 Å². The first-order chi connectivity index (χ1) is 9.93. The molecule has 0 fully saturated rings. The predicted molar refractivity (Wildman–Crippen MR) is 90.3 cm³/mol. The Labute approximate surface area is 129 Å². The first kappa shape index (κ1) is 15.8. The summed E-state index contributed by atoms with van der Waals surface area (Å²) in [6, 6.07) is 2.40. The largest absolute Gasteiger partial charge is 0.359 e. The van der Waals surface area contributed by atoms with Crippen LogP contribution in [-0.4, -0.2) is 15.6 Å². The highest BCUT2D eigenvalue weighted by Gasteiger charge is 2.15. The zero-order valence-corrected chi connectivity index (χ0v) is 14.2. The van der Waals surface area contributed by atoms with Gasteiger partial charge >= 0.3 is 0 Å². The zero-order valence-electron chi connectivity index (χ0n) is 13.4. The van der Waals surface area contributed by atoms with Crippen LogP contribution in [0.4, 0.5) is 5.13 Å². The molecule has 0 atom stereocenters. The van der Waals surface area contributed by atoms with Crippen LogP contribution >= 0.6 is 11.3 Å². The van der Waals surface area contributed by atoms with E-state index in [1.165, 1.54) is 0 Å². The molecular weight excluding hydrogens is 282 g/mol. The lowest BCUT2D eigenvalue weighted by atomic mass is 10.1. The first-order valence-electron chi connectivity index (χ1n) is 7.37. The van der Waals surface area contributed by atoms with E-state index in [9.17, 15) is 4.79 Å². The van der Waals surface area contributed by atoms with Crippen LogP contribution in [0.1, 0.15) is 38.4 Å². The monoisotopic (exact) mass is 305 g/mol. The Kier molecular flexibility index (Phi) is 4.83. The van der Waals surface area contributed by atoms with Crippen molar-refractivity contribution in [3.05, 3.63) is 33.1 Å². The van der Waals surface area contributed by atoms with Crippen molar-refractivity contribution in [3.63, 3.8) is 0 Å².